The van der Waals surface area contributed by atoms with Crippen molar-refractivity contribution in [1.29, 1.82) is 0 Å². The van der Waals surface area contributed by atoms with Crippen molar-refractivity contribution in [1.82, 2.24) is 9.97 Å². The zero-order valence-electron chi connectivity index (χ0n) is 11.8. The third-order valence-corrected chi connectivity index (χ3v) is 4.85. The molecule has 0 saturated carbocycles. The summed E-state index contributed by atoms with van der Waals surface area (Å²) in [5, 5.41) is 0.494. The highest BCUT2D eigenvalue weighted by Gasteiger charge is 2.23. The first-order chi connectivity index (χ1) is 9.70. The van der Waals surface area contributed by atoms with Crippen LogP contribution in [0.5, 0.6) is 0 Å². The number of nitrogens with zero attached hydrogens (tertiary/aromatic N) is 2. The molecular formula is C15H14Cl2FIN2. The quantitative estimate of drug-likeness (QED) is 0.462. The smallest absolute Gasteiger partial charge is 0.146 e. The SMILES string of the molecule is CC(C)(C)c1nc(Cc2cccc(Cl)c2F)nc(Cl)c1I. The van der Waals surface area contributed by atoms with Crippen LogP contribution in [0.1, 0.15) is 37.9 Å². The monoisotopic (exact) mass is 438 g/mol. The second kappa shape index (κ2) is 6.34. The zero-order chi connectivity index (χ0) is 15.8. The number of hydrogen-bond acceptors (Lipinski definition) is 2. The van der Waals surface area contributed by atoms with Gasteiger partial charge in [0.05, 0.1) is 14.3 Å². The maximum Gasteiger partial charge on any atom is 0.146 e. The molecule has 6 heteroatoms. The van der Waals surface area contributed by atoms with Crippen LogP contribution < -0.4 is 0 Å². The van der Waals surface area contributed by atoms with Crippen LogP contribution in [0.15, 0.2) is 18.2 Å². The summed E-state index contributed by atoms with van der Waals surface area (Å²) in [7, 11) is 0. The summed E-state index contributed by atoms with van der Waals surface area (Å²) in [6.45, 7) is 6.16. The van der Waals surface area contributed by atoms with Gasteiger partial charge in [0.25, 0.3) is 0 Å². The number of benzene rings is 1. The van der Waals surface area contributed by atoms with Crippen molar-refractivity contribution in [2.24, 2.45) is 0 Å². The molecule has 0 radical (unpaired) electrons. The average Bonchev–Trinajstić information content (AvgIpc) is 2.37. The standard InChI is InChI=1S/C15H14Cl2FIN2/c1-15(2,3)13-12(19)14(17)21-10(20-13)7-8-5-4-6-9(16)11(8)18/h4-6H,7H2,1-3H3. The van der Waals surface area contributed by atoms with Crippen LogP contribution >= 0.6 is 45.8 Å². The lowest BCUT2D eigenvalue weighted by Crippen LogP contribution is -2.18. The van der Waals surface area contributed by atoms with Crippen molar-refractivity contribution < 1.29 is 4.39 Å². The first kappa shape index (κ1) is 16.9. The van der Waals surface area contributed by atoms with E-state index in [1.54, 1.807) is 12.1 Å². The minimum atomic E-state index is -0.435. The Labute approximate surface area is 147 Å². The van der Waals surface area contributed by atoms with Crippen LogP contribution in [0.4, 0.5) is 4.39 Å². The lowest BCUT2D eigenvalue weighted by molar-refractivity contribution is 0.557. The molecule has 1 aromatic carbocycles. The Kier molecular flexibility index (Phi) is 5.11. The van der Waals surface area contributed by atoms with Gasteiger partial charge in [0, 0.05) is 11.8 Å². The van der Waals surface area contributed by atoms with Gasteiger partial charge in [0.1, 0.15) is 16.8 Å². The summed E-state index contributed by atoms with van der Waals surface area (Å²) in [5.74, 6) is 0.0567. The topological polar surface area (TPSA) is 25.8 Å². The molecule has 0 aliphatic heterocycles. The molecule has 21 heavy (non-hydrogen) atoms. The van der Waals surface area contributed by atoms with Crippen LogP contribution in [0.25, 0.3) is 0 Å². The Morgan fingerprint density at radius 3 is 2.48 bits per heavy atom. The minimum Gasteiger partial charge on any atom is -0.236 e. The molecule has 2 rings (SSSR count). The summed E-state index contributed by atoms with van der Waals surface area (Å²) >= 11 is 14.1. The van der Waals surface area contributed by atoms with Crippen molar-refractivity contribution in [3.63, 3.8) is 0 Å². The van der Waals surface area contributed by atoms with Crippen molar-refractivity contribution in [2.45, 2.75) is 32.6 Å². The van der Waals surface area contributed by atoms with Crippen LogP contribution in [0.2, 0.25) is 10.2 Å². The predicted octanol–water partition coefficient (Wildman–Crippen LogP) is 5.42. The van der Waals surface area contributed by atoms with Gasteiger partial charge in [-0.25, -0.2) is 14.4 Å². The van der Waals surface area contributed by atoms with E-state index in [4.69, 9.17) is 23.2 Å². The van der Waals surface area contributed by atoms with Gasteiger partial charge in [-0.05, 0) is 34.2 Å². The Hall–Kier alpha value is -0.460. The van der Waals surface area contributed by atoms with E-state index in [0.29, 0.717) is 16.5 Å². The summed E-state index contributed by atoms with van der Waals surface area (Å²) in [6.07, 6.45) is 0.256. The van der Waals surface area contributed by atoms with Crippen LogP contribution in [0, 0.1) is 9.39 Å². The van der Waals surface area contributed by atoms with Gasteiger partial charge in [-0.1, -0.05) is 56.1 Å². The molecule has 2 aromatic rings. The number of hydrogen-bond donors (Lipinski definition) is 0. The highest BCUT2D eigenvalue weighted by atomic mass is 127. The van der Waals surface area contributed by atoms with Crippen LogP contribution in [-0.4, -0.2) is 9.97 Å². The van der Waals surface area contributed by atoms with Gasteiger partial charge in [-0.3, -0.25) is 0 Å². The molecule has 0 aliphatic rings. The number of aromatic nitrogens is 2. The molecule has 0 fully saturated rings. The van der Waals surface area contributed by atoms with Gasteiger partial charge < -0.3 is 0 Å². The molecular weight excluding hydrogens is 425 g/mol. The third-order valence-electron chi connectivity index (χ3n) is 2.95. The third kappa shape index (κ3) is 3.85. The van der Waals surface area contributed by atoms with E-state index < -0.39 is 5.82 Å². The fourth-order valence-corrected chi connectivity index (χ4v) is 3.33. The lowest BCUT2D eigenvalue weighted by atomic mass is 9.92. The maximum atomic E-state index is 14.0. The second-order valence-electron chi connectivity index (χ2n) is 5.73. The Bertz CT molecular complexity index is 684. The molecule has 0 aliphatic carbocycles. The fraction of sp³-hybridized carbons (Fsp3) is 0.333. The molecule has 0 spiro atoms. The average molecular weight is 439 g/mol. The molecule has 0 amide bonds. The Morgan fingerprint density at radius 1 is 1.19 bits per heavy atom. The van der Waals surface area contributed by atoms with Crippen molar-refractivity contribution >= 4 is 45.8 Å². The Balaban J connectivity index is 2.46. The molecule has 112 valence electrons. The molecule has 1 heterocycles. The summed E-state index contributed by atoms with van der Waals surface area (Å²) in [4.78, 5) is 8.81. The first-order valence-corrected chi connectivity index (χ1v) is 8.19. The van der Waals surface area contributed by atoms with Crippen molar-refractivity contribution in [3.05, 3.63) is 54.8 Å². The van der Waals surface area contributed by atoms with E-state index in [0.717, 1.165) is 9.26 Å². The number of halogens is 4. The summed E-state index contributed by atoms with van der Waals surface area (Å²) in [6, 6.07) is 4.90. The van der Waals surface area contributed by atoms with E-state index in [1.807, 2.05) is 0 Å². The van der Waals surface area contributed by atoms with Crippen LogP contribution in [0.3, 0.4) is 0 Å². The lowest BCUT2D eigenvalue weighted by Gasteiger charge is -2.20. The molecule has 1 aromatic heterocycles. The minimum absolute atomic E-state index is 0.0974. The largest absolute Gasteiger partial charge is 0.236 e. The molecule has 0 saturated heterocycles. The normalized spacial score (nSPS) is 11.8. The summed E-state index contributed by atoms with van der Waals surface area (Å²) in [5.41, 5.74) is 1.16. The first-order valence-electron chi connectivity index (χ1n) is 6.35. The van der Waals surface area contributed by atoms with E-state index in [1.165, 1.54) is 6.07 Å². The van der Waals surface area contributed by atoms with E-state index in [-0.39, 0.29) is 16.9 Å². The van der Waals surface area contributed by atoms with Gasteiger partial charge in [0.15, 0.2) is 0 Å². The molecule has 2 nitrogen and oxygen atoms in total. The molecule has 0 N–H and O–H groups in total. The predicted molar refractivity (Wildman–Crippen MR) is 92.7 cm³/mol. The second-order valence-corrected chi connectivity index (χ2v) is 7.58. The van der Waals surface area contributed by atoms with Gasteiger partial charge >= 0.3 is 0 Å². The van der Waals surface area contributed by atoms with Crippen LogP contribution in [-0.2, 0) is 11.8 Å². The maximum absolute atomic E-state index is 14.0. The molecule has 0 atom stereocenters. The Morgan fingerprint density at radius 2 is 1.86 bits per heavy atom. The highest BCUT2D eigenvalue weighted by molar-refractivity contribution is 14.1. The van der Waals surface area contributed by atoms with Gasteiger partial charge in [-0.2, -0.15) is 0 Å². The molecule has 0 bridgehead atoms. The van der Waals surface area contributed by atoms with Crippen molar-refractivity contribution in [2.75, 3.05) is 0 Å². The van der Waals surface area contributed by atoms with E-state index in [9.17, 15) is 4.39 Å². The molecule has 0 unspecified atom stereocenters. The van der Waals surface area contributed by atoms with Gasteiger partial charge in [0.2, 0.25) is 0 Å². The van der Waals surface area contributed by atoms with Gasteiger partial charge in [-0.15, -0.1) is 0 Å². The van der Waals surface area contributed by atoms with E-state index in [2.05, 4.69) is 53.3 Å². The zero-order valence-corrected chi connectivity index (χ0v) is 15.5. The van der Waals surface area contributed by atoms with E-state index >= 15 is 0 Å². The highest BCUT2D eigenvalue weighted by Crippen LogP contribution is 2.30. The number of rotatable bonds is 2. The summed E-state index contributed by atoms with van der Waals surface area (Å²) < 4.78 is 14.8. The van der Waals surface area contributed by atoms with Crippen molar-refractivity contribution in [3.8, 4) is 0 Å². The fourth-order valence-electron chi connectivity index (χ4n) is 1.89.